The van der Waals surface area contributed by atoms with Crippen molar-refractivity contribution in [2.24, 2.45) is 0 Å². The summed E-state index contributed by atoms with van der Waals surface area (Å²) >= 11 is 5.88. The van der Waals surface area contributed by atoms with Crippen molar-refractivity contribution in [1.82, 2.24) is 15.1 Å². The predicted octanol–water partition coefficient (Wildman–Crippen LogP) is 0.273. The highest BCUT2D eigenvalue weighted by atomic mass is 35.5. The number of imide groups is 1. The van der Waals surface area contributed by atoms with Gasteiger partial charge in [0.25, 0.3) is 11.5 Å². The maximum absolute atomic E-state index is 12.0. The van der Waals surface area contributed by atoms with E-state index in [4.69, 9.17) is 16.3 Å². The van der Waals surface area contributed by atoms with Gasteiger partial charge in [0.15, 0.2) is 10.8 Å². The highest BCUT2D eigenvalue weighted by Gasteiger charge is 2.30. The van der Waals surface area contributed by atoms with Crippen molar-refractivity contribution in [3.63, 3.8) is 0 Å². The maximum Gasteiger partial charge on any atom is 0.290 e. The van der Waals surface area contributed by atoms with Gasteiger partial charge in [0, 0.05) is 6.42 Å². The minimum absolute atomic E-state index is 0.124. The number of amides is 2. The summed E-state index contributed by atoms with van der Waals surface area (Å²) in [5.41, 5.74) is -0.609. The molecule has 2 amide bonds. The number of carbonyl (C=O) groups is 2. The molecule has 1 aromatic heterocycles. The minimum atomic E-state index is -0.821. The normalized spacial score (nSPS) is 19.2. The molecule has 102 valence electrons. The molecule has 1 saturated heterocycles. The topological polar surface area (TPSA) is 90.3 Å². The van der Waals surface area contributed by atoms with Crippen LogP contribution in [0.15, 0.2) is 11.0 Å². The van der Waals surface area contributed by atoms with Crippen LogP contribution in [0.3, 0.4) is 0 Å². The van der Waals surface area contributed by atoms with E-state index >= 15 is 0 Å². The first kappa shape index (κ1) is 13.5. The van der Waals surface area contributed by atoms with E-state index in [9.17, 15) is 14.4 Å². The number of carbonyl (C=O) groups excluding carboxylic acids is 2. The zero-order valence-electron chi connectivity index (χ0n) is 10.2. The molecule has 1 aliphatic heterocycles. The second kappa shape index (κ2) is 5.40. The highest BCUT2D eigenvalue weighted by molar-refractivity contribution is 6.31. The Kier molecular flexibility index (Phi) is 3.84. The van der Waals surface area contributed by atoms with Crippen LogP contribution in [0.25, 0.3) is 0 Å². The Balaban J connectivity index is 2.36. The number of nitrogens with zero attached hydrogens (tertiary/aromatic N) is 2. The summed E-state index contributed by atoms with van der Waals surface area (Å²) in [7, 11) is 0. The number of piperidine rings is 1. The van der Waals surface area contributed by atoms with Gasteiger partial charge in [-0.2, -0.15) is 5.10 Å². The molecule has 1 unspecified atom stereocenters. The van der Waals surface area contributed by atoms with Crippen LogP contribution >= 0.6 is 11.6 Å². The summed E-state index contributed by atoms with van der Waals surface area (Å²) in [4.78, 5) is 34.7. The van der Waals surface area contributed by atoms with Crippen molar-refractivity contribution in [3.05, 3.63) is 21.6 Å². The van der Waals surface area contributed by atoms with Gasteiger partial charge in [-0.3, -0.25) is 19.7 Å². The molecule has 0 saturated carbocycles. The Morgan fingerprint density at radius 2 is 2.26 bits per heavy atom. The summed E-state index contributed by atoms with van der Waals surface area (Å²) < 4.78 is 6.12. The largest absolute Gasteiger partial charge is 0.490 e. The predicted molar refractivity (Wildman–Crippen MR) is 66.1 cm³/mol. The number of ether oxygens (including phenoxy) is 1. The molecule has 2 rings (SSSR count). The van der Waals surface area contributed by atoms with Crippen LogP contribution in [0, 0.1) is 0 Å². The van der Waals surface area contributed by atoms with E-state index in [-0.39, 0.29) is 29.5 Å². The Labute approximate surface area is 113 Å². The minimum Gasteiger partial charge on any atom is -0.490 e. The molecule has 1 atom stereocenters. The summed E-state index contributed by atoms with van der Waals surface area (Å²) in [6.45, 7) is 2.10. The van der Waals surface area contributed by atoms with Crippen LogP contribution in [0.5, 0.6) is 5.75 Å². The summed E-state index contributed by atoms with van der Waals surface area (Å²) in [5.74, 6) is -0.727. The third kappa shape index (κ3) is 2.60. The van der Waals surface area contributed by atoms with Gasteiger partial charge in [-0.25, -0.2) is 4.68 Å². The molecule has 0 bridgehead atoms. The fourth-order valence-electron chi connectivity index (χ4n) is 1.82. The van der Waals surface area contributed by atoms with Crippen molar-refractivity contribution < 1.29 is 14.3 Å². The Bertz CT molecular complexity index is 584. The SMILES string of the molecule is CCOc1cnn(C2CCC(=O)NC2=O)c(=O)c1Cl. The standard InChI is InChI=1S/C11H12ClN3O4/c1-2-19-7-5-13-15(11(18)9(7)12)6-3-4-8(16)14-10(6)17/h5-6H,2-4H2,1H3,(H,14,16,17). The average Bonchev–Trinajstić information content (AvgIpc) is 2.37. The fraction of sp³-hybridized carbons (Fsp3) is 0.455. The summed E-state index contributed by atoms with van der Waals surface area (Å²) in [5, 5.41) is 5.92. The highest BCUT2D eigenvalue weighted by Crippen LogP contribution is 2.21. The van der Waals surface area contributed by atoms with Crippen molar-refractivity contribution in [1.29, 1.82) is 0 Å². The molecule has 7 nitrogen and oxygen atoms in total. The van der Waals surface area contributed by atoms with Gasteiger partial charge in [0.05, 0.1) is 12.8 Å². The molecule has 1 aromatic rings. The van der Waals surface area contributed by atoms with Gasteiger partial charge in [-0.15, -0.1) is 0 Å². The lowest BCUT2D eigenvalue weighted by Gasteiger charge is -2.21. The number of hydrogen-bond donors (Lipinski definition) is 1. The Morgan fingerprint density at radius 1 is 1.53 bits per heavy atom. The molecule has 1 N–H and O–H groups in total. The molecule has 1 aliphatic rings. The molecular weight excluding hydrogens is 274 g/mol. The van der Waals surface area contributed by atoms with Crippen molar-refractivity contribution in [2.75, 3.05) is 6.61 Å². The van der Waals surface area contributed by atoms with Crippen molar-refractivity contribution in [2.45, 2.75) is 25.8 Å². The van der Waals surface area contributed by atoms with Gasteiger partial charge in [0.1, 0.15) is 6.04 Å². The van der Waals surface area contributed by atoms with E-state index < -0.39 is 17.5 Å². The molecule has 0 aromatic carbocycles. The van der Waals surface area contributed by atoms with Gasteiger partial charge >= 0.3 is 0 Å². The first-order valence-electron chi connectivity index (χ1n) is 5.78. The number of nitrogens with one attached hydrogen (secondary N) is 1. The molecule has 1 fully saturated rings. The van der Waals surface area contributed by atoms with Crippen LogP contribution in [0.2, 0.25) is 5.02 Å². The molecule has 19 heavy (non-hydrogen) atoms. The van der Waals surface area contributed by atoms with Crippen molar-refractivity contribution >= 4 is 23.4 Å². The second-order valence-electron chi connectivity index (χ2n) is 3.97. The van der Waals surface area contributed by atoms with Gasteiger partial charge in [-0.1, -0.05) is 11.6 Å². The number of hydrogen-bond acceptors (Lipinski definition) is 5. The zero-order chi connectivity index (χ0) is 14.0. The summed E-state index contributed by atoms with van der Waals surface area (Å²) in [6, 6.07) is -0.821. The molecule has 2 heterocycles. The van der Waals surface area contributed by atoms with E-state index in [1.165, 1.54) is 6.20 Å². The molecular formula is C11H12ClN3O4. The number of halogens is 1. The molecule has 0 aliphatic carbocycles. The number of rotatable bonds is 3. The van der Waals surface area contributed by atoms with Gasteiger partial charge in [-0.05, 0) is 13.3 Å². The first-order chi connectivity index (χ1) is 9.04. The van der Waals surface area contributed by atoms with Crippen LogP contribution in [0.1, 0.15) is 25.8 Å². The molecule has 0 spiro atoms. The second-order valence-corrected chi connectivity index (χ2v) is 4.35. The number of aromatic nitrogens is 2. The average molecular weight is 286 g/mol. The molecule has 0 radical (unpaired) electrons. The monoisotopic (exact) mass is 285 g/mol. The smallest absolute Gasteiger partial charge is 0.290 e. The van der Waals surface area contributed by atoms with E-state index in [0.717, 1.165) is 4.68 Å². The third-order valence-corrected chi connectivity index (χ3v) is 3.06. The van der Waals surface area contributed by atoms with E-state index in [0.29, 0.717) is 6.61 Å². The van der Waals surface area contributed by atoms with Crippen LogP contribution in [0.4, 0.5) is 0 Å². The lowest BCUT2D eigenvalue weighted by molar-refractivity contribution is -0.136. The Hall–Kier alpha value is -1.89. The van der Waals surface area contributed by atoms with Crippen LogP contribution in [-0.2, 0) is 9.59 Å². The lowest BCUT2D eigenvalue weighted by atomic mass is 10.1. The maximum atomic E-state index is 12.0. The van der Waals surface area contributed by atoms with Crippen LogP contribution < -0.4 is 15.6 Å². The molecule has 8 heteroatoms. The van der Waals surface area contributed by atoms with Gasteiger partial charge in [0.2, 0.25) is 5.91 Å². The van der Waals surface area contributed by atoms with E-state index in [2.05, 4.69) is 10.4 Å². The Morgan fingerprint density at radius 3 is 2.89 bits per heavy atom. The third-order valence-electron chi connectivity index (χ3n) is 2.72. The zero-order valence-corrected chi connectivity index (χ0v) is 10.9. The van der Waals surface area contributed by atoms with Crippen molar-refractivity contribution in [3.8, 4) is 5.75 Å². The first-order valence-corrected chi connectivity index (χ1v) is 6.16. The van der Waals surface area contributed by atoms with E-state index in [1.54, 1.807) is 6.92 Å². The quantitative estimate of drug-likeness (QED) is 0.805. The van der Waals surface area contributed by atoms with E-state index in [1.807, 2.05) is 0 Å². The van der Waals surface area contributed by atoms with Gasteiger partial charge < -0.3 is 4.74 Å². The fourth-order valence-corrected chi connectivity index (χ4v) is 2.01. The summed E-state index contributed by atoms with van der Waals surface area (Å²) in [6.07, 6.45) is 1.67. The lowest BCUT2D eigenvalue weighted by Crippen LogP contribution is -2.45. The van der Waals surface area contributed by atoms with Crippen LogP contribution in [-0.4, -0.2) is 28.2 Å².